The highest BCUT2D eigenvalue weighted by atomic mass is 35.5. The molecule has 2 rings (SSSR count). The van der Waals surface area contributed by atoms with Crippen LogP contribution in [0.5, 0.6) is 0 Å². The number of anilines is 1. The van der Waals surface area contributed by atoms with Crippen molar-refractivity contribution in [3.8, 4) is 0 Å². The largest absolute Gasteiger partial charge is 0.339 e. The lowest BCUT2D eigenvalue weighted by Crippen LogP contribution is -2.36. The fourth-order valence-electron chi connectivity index (χ4n) is 2.55. The van der Waals surface area contributed by atoms with Gasteiger partial charge in [0.1, 0.15) is 0 Å². The first kappa shape index (κ1) is 16.8. The maximum absolute atomic E-state index is 12.6. The van der Waals surface area contributed by atoms with Crippen molar-refractivity contribution in [3.05, 3.63) is 28.8 Å². The number of nitrogens with two attached hydrogens (primary N) is 1. The maximum Gasteiger partial charge on any atom is 0.255 e. The molecule has 0 aliphatic carbocycles. The molecule has 0 aromatic heterocycles. The molecule has 3 N–H and O–H groups in total. The number of benzene rings is 1. The van der Waals surface area contributed by atoms with E-state index < -0.39 is 0 Å². The zero-order valence-electron chi connectivity index (χ0n) is 12.6. The molecule has 0 radical (unpaired) electrons. The summed E-state index contributed by atoms with van der Waals surface area (Å²) in [5.74, 6) is -0.203. The lowest BCUT2D eigenvalue weighted by molar-refractivity contribution is -0.116. The Kier molecular flexibility index (Phi) is 6.21. The van der Waals surface area contributed by atoms with Gasteiger partial charge in [0.2, 0.25) is 5.91 Å². The summed E-state index contributed by atoms with van der Waals surface area (Å²) < 4.78 is 0. The van der Waals surface area contributed by atoms with Gasteiger partial charge in [-0.25, -0.2) is 0 Å². The van der Waals surface area contributed by atoms with Crippen molar-refractivity contribution in [2.45, 2.75) is 32.1 Å². The molecule has 0 saturated carbocycles. The Bertz CT molecular complexity index is 542. The van der Waals surface area contributed by atoms with Gasteiger partial charge in [0.25, 0.3) is 5.91 Å². The van der Waals surface area contributed by atoms with E-state index in [0.717, 1.165) is 32.4 Å². The lowest BCUT2D eigenvalue weighted by atomic mass is 10.1. The van der Waals surface area contributed by atoms with E-state index in [-0.39, 0.29) is 11.8 Å². The van der Waals surface area contributed by atoms with Crippen molar-refractivity contribution < 1.29 is 9.59 Å². The third kappa shape index (κ3) is 4.45. The van der Waals surface area contributed by atoms with Gasteiger partial charge >= 0.3 is 0 Å². The minimum atomic E-state index is -0.152. The van der Waals surface area contributed by atoms with Crippen LogP contribution in [0.25, 0.3) is 0 Å². The topological polar surface area (TPSA) is 75.4 Å². The van der Waals surface area contributed by atoms with Crippen LogP contribution in [0.15, 0.2) is 18.2 Å². The summed E-state index contributed by atoms with van der Waals surface area (Å²) in [4.78, 5) is 26.4. The van der Waals surface area contributed by atoms with Crippen LogP contribution in [0.3, 0.4) is 0 Å². The second-order valence-corrected chi connectivity index (χ2v) is 5.92. The van der Waals surface area contributed by atoms with Gasteiger partial charge < -0.3 is 16.0 Å². The zero-order chi connectivity index (χ0) is 15.9. The monoisotopic (exact) mass is 323 g/mol. The van der Waals surface area contributed by atoms with Gasteiger partial charge in [-0.3, -0.25) is 9.59 Å². The predicted molar refractivity (Wildman–Crippen MR) is 88.1 cm³/mol. The van der Waals surface area contributed by atoms with Crippen LogP contribution in [0.4, 0.5) is 5.69 Å². The fraction of sp³-hybridized carbons (Fsp3) is 0.500. The predicted octanol–water partition coefficient (Wildman–Crippen LogP) is 2.64. The number of likely N-dealkylation sites (tertiary alicyclic amines) is 1. The molecular weight excluding hydrogens is 302 g/mol. The molecule has 1 aliphatic heterocycles. The van der Waals surface area contributed by atoms with Crippen molar-refractivity contribution in [3.63, 3.8) is 0 Å². The summed E-state index contributed by atoms with van der Waals surface area (Å²) >= 11 is 6.00. The first-order valence-corrected chi connectivity index (χ1v) is 8.08. The Labute approximate surface area is 135 Å². The van der Waals surface area contributed by atoms with E-state index in [9.17, 15) is 9.59 Å². The highest BCUT2D eigenvalue weighted by Crippen LogP contribution is 2.24. The minimum Gasteiger partial charge on any atom is -0.339 e. The number of carbonyl (C=O) groups excluding carboxylic acids is 2. The summed E-state index contributed by atoms with van der Waals surface area (Å²) in [6.07, 6.45) is 4.16. The second kappa shape index (κ2) is 8.15. The number of nitrogens with zero attached hydrogens (tertiary/aromatic N) is 1. The molecule has 0 bridgehead atoms. The van der Waals surface area contributed by atoms with Crippen molar-refractivity contribution in [1.82, 2.24) is 4.90 Å². The van der Waals surface area contributed by atoms with Crippen LogP contribution in [-0.2, 0) is 4.79 Å². The van der Waals surface area contributed by atoms with Gasteiger partial charge in [-0.1, -0.05) is 11.6 Å². The molecule has 0 unspecified atom stereocenters. The van der Waals surface area contributed by atoms with Gasteiger partial charge in [-0.15, -0.1) is 0 Å². The fourth-order valence-corrected chi connectivity index (χ4v) is 2.72. The molecule has 1 fully saturated rings. The molecule has 0 atom stereocenters. The summed E-state index contributed by atoms with van der Waals surface area (Å²) in [7, 11) is 0. The van der Waals surface area contributed by atoms with Crippen LogP contribution >= 0.6 is 11.6 Å². The Morgan fingerprint density at radius 1 is 1.23 bits per heavy atom. The van der Waals surface area contributed by atoms with Crippen LogP contribution in [0, 0.1) is 0 Å². The van der Waals surface area contributed by atoms with Crippen LogP contribution in [0.2, 0.25) is 5.02 Å². The molecular formula is C16H22ClN3O2. The first-order valence-electron chi connectivity index (χ1n) is 7.70. The van der Waals surface area contributed by atoms with Crippen molar-refractivity contribution in [2.75, 3.05) is 25.0 Å². The van der Waals surface area contributed by atoms with Gasteiger partial charge in [-0.05, 0) is 50.4 Å². The summed E-state index contributed by atoms with van der Waals surface area (Å²) in [6.45, 7) is 1.99. The molecule has 6 heteroatoms. The van der Waals surface area contributed by atoms with E-state index in [0.29, 0.717) is 35.7 Å². The molecule has 1 aliphatic rings. The molecule has 1 heterocycles. The van der Waals surface area contributed by atoms with E-state index in [1.54, 1.807) is 18.2 Å². The van der Waals surface area contributed by atoms with E-state index >= 15 is 0 Å². The normalized spacial score (nSPS) is 14.7. The van der Waals surface area contributed by atoms with E-state index in [2.05, 4.69) is 5.32 Å². The Morgan fingerprint density at radius 3 is 2.64 bits per heavy atom. The molecule has 0 spiro atoms. The Hall–Kier alpha value is -1.59. The summed E-state index contributed by atoms with van der Waals surface area (Å²) in [6, 6.07) is 4.98. The van der Waals surface area contributed by atoms with Gasteiger partial charge in [0.15, 0.2) is 0 Å². The SMILES string of the molecule is NCCCC(=O)Nc1cc(Cl)ccc1C(=O)N1CCCCC1. The molecule has 2 amide bonds. The van der Waals surface area contributed by atoms with E-state index in [1.807, 2.05) is 4.90 Å². The standard InChI is InChI=1S/C16H22ClN3O2/c17-12-6-7-13(16(22)20-9-2-1-3-10-20)14(11-12)19-15(21)5-4-8-18/h6-7,11H,1-5,8-10,18H2,(H,19,21). The highest BCUT2D eigenvalue weighted by molar-refractivity contribution is 6.31. The number of hydrogen-bond acceptors (Lipinski definition) is 3. The number of piperidine rings is 1. The lowest BCUT2D eigenvalue weighted by Gasteiger charge is -2.27. The maximum atomic E-state index is 12.6. The van der Waals surface area contributed by atoms with E-state index in [4.69, 9.17) is 17.3 Å². The van der Waals surface area contributed by atoms with Crippen molar-refractivity contribution in [1.29, 1.82) is 0 Å². The number of rotatable bonds is 5. The van der Waals surface area contributed by atoms with Crippen LogP contribution < -0.4 is 11.1 Å². The smallest absolute Gasteiger partial charge is 0.255 e. The van der Waals surface area contributed by atoms with Gasteiger partial charge in [0.05, 0.1) is 11.3 Å². The average Bonchev–Trinajstić information content (AvgIpc) is 2.53. The number of carbonyl (C=O) groups is 2. The van der Waals surface area contributed by atoms with Gasteiger partial charge in [-0.2, -0.15) is 0 Å². The highest BCUT2D eigenvalue weighted by Gasteiger charge is 2.21. The van der Waals surface area contributed by atoms with Crippen LogP contribution in [-0.4, -0.2) is 36.3 Å². The number of halogens is 1. The summed E-state index contributed by atoms with van der Waals surface area (Å²) in [5.41, 5.74) is 6.38. The molecule has 1 aromatic carbocycles. The number of nitrogens with one attached hydrogen (secondary N) is 1. The molecule has 1 saturated heterocycles. The molecule has 120 valence electrons. The summed E-state index contributed by atoms with van der Waals surface area (Å²) in [5, 5.41) is 3.27. The van der Waals surface area contributed by atoms with Gasteiger partial charge in [0, 0.05) is 24.5 Å². The Balaban J connectivity index is 2.15. The second-order valence-electron chi connectivity index (χ2n) is 5.48. The third-order valence-corrected chi connectivity index (χ3v) is 3.97. The third-order valence-electron chi connectivity index (χ3n) is 3.74. The first-order chi connectivity index (χ1) is 10.6. The average molecular weight is 324 g/mol. The van der Waals surface area contributed by atoms with Crippen LogP contribution in [0.1, 0.15) is 42.5 Å². The number of amides is 2. The van der Waals surface area contributed by atoms with Crippen molar-refractivity contribution in [2.24, 2.45) is 5.73 Å². The Morgan fingerprint density at radius 2 is 1.95 bits per heavy atom. The molecule has 5 nitrogen and oxygen atoms in total. The van der Waals surface area contributed by atoms with E-state index in [1.165, 1.54) is 0 Å². The molecule has 22 heavy (non-hydrogen) atoms. The zero-order valence-corrected chi connectivity index (χ0v) is 13.4. The minimum absolute atomic E-state index is 0.0505. The van der Waals surface area contributed by atoms with Crippen molar-refractivity contribution >= 4 is 29.1 Å². The number of hydrogen-bond donors (Lipinski definition) is 2. The molecule has 1 aromatic rings. The quantitative estimate of drug-likeness (QED) is 0.874.